The van der Waals surface area contributed by atoms with Crippen LogP contribution in [-0.4, -0.2) is 51.8 Å². The van der Waals surface area contributed by atoms with E-state index in [-0.39, 0.29) is 17.9 Å². The number of nitrogen functional groups attached to an aromatic ring is 1. The van der Waals surface area contributed by atoms with Crippen LogP contribution in [0, 0.1) is 0 Å². The normalized spacial score (nSPS) is 22.7. The molecule has 0 saturated carbocycles. The van der Waals surface area contributed by atoms with Crippen LogP contribution in [0.1, 0.15) is 35.7 Å². The highest BCUT2D eigenvalue weighted by Gasteiger charge is 2.47. The van der Waals surface area contributed by atoms with Gasteiger partial charge in [-0.3, -0.25) is 4.68 Å². The van der Waals surface area contributed by atoms with Crippen LogP contribution in [0.4, 0.5) is 23.8 Å². The number of urea groups is 1. The molecule has 1 aliphatic carbocycles. The molecule has 6 rings (SSSR count). The van der Waals surface area contributed by atoms with E-state index in [2.05, 4.69) is 32.3 Å². The lowest BCUT2D eigenvalue weighted by Crippen LogP contribution is -2.45. The minimum Gasteiger partial charge on any atom is -0.402 e. The van der Waals surface area contributed by atoms with Gasteiger partial charge in [0.2, 0.25) is 0 Å². The summed E-state index contributed by atoms with van der Waals surface area (Å²) in [5.41, 5.74) is 8.76. The van der Waals surface area contributed by atoms with Gasteiger partial charge >= 0.3 is 12.4 Å². The maximum atomic E-state index is 13.2. The number of carbonyl (C=O) groups excluding carboxylic acids is 1. The zero-order valence-electron chi connectivity index (χ0n) is 19.8. The lowest BCUT2D eigenvalue weighted by Gasteiger charge is -2.34. The first-order valence-electron chi connectivity index (χ1n) is 12.1. The number of likely N-dealkylation sites (tertiary alicyclic amines) is 1. The molecular weight excluding hydrogens is 489 g/mol. The Morgan fingerprint density at radius 2 is 2.08 bits per heavy atom. The Hall–Kier alpha value is -3.80. The number of aryl methyl sites for hydroxylation is 1. The number of anilines is 1. The molecule has 2 aromatic heterocycles. The molecule has 194 valence electrons. The monoisotopic (exact) mass is 514 g/mol. The topological polar surface area (TPSA) is 108 Å². The van der Waals surface area contributed by atoms with Gasteiger partial charge in [-0.05, 0) is 36.1 Å². The Labute approximate surface area is 210 Å². The number of amides is 2. The van der Waals surface area contributed by atoms with Crippen LogP contribution in [0.5, 0.6) is 5.75 Å². The van der Waals surface area contributed by atoms with Gasteiger partial charge in [0, 0.05) is 24.7 Å². The number of ether oxygens (including phenoxy) is 2. The first kappa shape index (κ1) is 23.6. The highest BCUT2D eigenvalue weighted by molar-refractivity contribution is 5.75. The Morgan fingerprint density at radius 1 is 1.24 bits per heavy atom. The van der Waals surface area contributed by atoms with Gasteiger partial charge in [0.05, 0.1) is 37.1 Å². The van der Waals surface area contributed by atoms with Crippen LogP contribution in [0.25, 0.3) is 11.3 Å². The van der Waals surface area contributed by atoms with Crippen molar-refractivity contribution < 1.29 is 27.4 Å². The summed E-state index contributed by atoms with van der Waals surface area (Å²) in [4.78, 5) is 18.8. The van der Waals surface area contributed by atoms with E-state index >= 15 is 0 Å². The van der Waals surface area contributed by atoms with E-state index in [1.165, 1.54) is 17.8 Å². The molecule has 12 heteroatoms. The summed E-state index contributed by atoms with van der Waals surface area (Å²) in [7, 11) is 0. The van der Waals surface area contributed by atoms with Crippen molar-refractivity contribution in [3.63, 3.8) is 0 Å². The van der Waals surface area contributed by atoms with E-state index in [4.69, 9.17) is 10.5 Å². The molecule has 9 nitrogen and oxygen atoms in total. The number of alkyl halides is 3. The van der Waals surface area contributed by atoms with E-state index in [0.717, 1.165) is 24.1 Å². The summed E-state index contributed by atoms with van der Waals surface area (Å²) in [6, 6.07) is 10.9. The molecule has 2 amide bonds. The van der Waals surface area contributed by atoms with Crippen molar-refractivity contribution in [1.29, 1.82) is 0 Å². The number of fused-ring (bicyclic) bond motifs is 3. The lowest BCUT2D eigenvalue weighted by atomic mass is 9.96. The SMILES string of the molecule is Nc1ncc(-c2cc3n(n2)CCOC32CCN(C(=O)N[C@@H]3CCc4ccccc43)C2)cc1OC(F)(F)F. The average molecular weight is 515 g/mol. The Balaban J connectivity index is 1.22. The van der Waals surface area contributed by atoms with E-state index in [1.54, 1.807) is 15.6 Å². The predicted molar refractivity (Wildman–Crippen MR) is 126 cm³/mol. The number of hydrogen-bond acceptors (Lipinski definition) is 6. The van der Waals surface area contributed by atoms with E-state index < -0.39 is 17.7 Å². The zero-order chi connectivity index (χ0) is 25.8. The molecule has 3 N–H and O–H groups in total. The van der Waals surface area contributed by atoms with Gasteiger partial charge in [-0.15, -0.1) is 13.2 Å². The van der Waals surface area contributed by atoms with Gasteiger partial charge in [-0.2, -0.15) is 5.10 Å². The fourth-order valence-electron chi connectivity index (χ4n) is 5.53. The number of hydrogen-bond donors (Lipinski definition) is 2. The fraction of sp³-hybridized carbons (Fsp3) is 0.400. The van der Waals surface area contributed by atoms with Crippen molar-refractivity contribution in [2.24, 2.45) is 0 Å². The number of nitrogens with one attached hydrogen (secondary N) is 1. The van der Waals surface area contributed by atoms with Gasteiger partial charge < -0.3 is 25.4 Å². The smallest absolute Gasteiger partial charge is 0.402 e. The Morgan fingerprint density at radius 3 is 2.92 bits per heavy atom. The van der Waals surface area contributed by atoms with Gasteiger partial charge in [0.15, 0.2) is 11.6 Å². The molecule has 2 aliphatic heterocycles. The van der Waals surface area contributed by atoms with Crippen LogP contribution in [-0.2, 0) is 23.3 Å². The van der Waals surface area contributed by atoms with E-state index in [1.807, 2.05) is 12.1 Å². The van der Waals surface area contributed by atoms with Crippen molar-refractivity contribution in [2.45, 2.75) is 43.8 Å². The standard InChI is InChI=1S/C25H25F3N6O3/c26-25(27,28)37-20-11-16(13-30-22(20)29)19-12-21-24(36-10-9-34(21)32-19)7-8-33(14-24)23(35)31-18-6-5-15-3-1-2-4-17(15)18/h1-4,11-13,18H,5-10,14H2,(H2,29,30)(H,31,35)/t18-,24?/m1/s1. The van der Waals surface area contributed by atoms with Crippen LogP contribution in [0.3, 0.4) is 0 Å². The molecular formula is C25H25F3N6O3. The van der Waals surface area contributed by atoms with Crippen molar-refractivity contribution in [1.82, 2.24) is 25.0 Å². The summed E-state index contributed by atoms with van der Waals surface area (Å²) >= 11 is 0. The van der Waals surface area contributed by atoms with Crippen molar-refractivity contribution in [2.75, 3.05) is 25.4 Å². The minimum atomic E-state index is -4.89. The molecule has 1 saturated heterocycles. The lowest BCUT2D eigenvalue weighted by molar-refractivity contribution is -0.274. The summed E-state index contributed by atoms with van der Waals surface area (Å²) < 4.78 is 50.3. The summed E-state index contributed by atoms with van der Waals surface area (Å²) in [5, 5.41) is 7.75. The molecule has 0 radical (unpaired) electrons. The van der Waals surface area contributed by atoms with Crippen LogP contribution < -0.4 is 15.8 Å². The second kappa shape index (κ2) is 8.65. The second-order valence-electron chi connectivity index (χ2n) is 9.55. The third-order valence-corrected chi connectivity index (χ3v) is 7.28. The number of pyridine rings is 1. The van der Waals surface area contributed by atoms with E-state index in [0.29, 0.717) is 43.9 Å². The van der Waals surface area contributed by atoms with Gasteiger partial charge in [-0.25, -0.2) is 9.78 Å². The minimum absolute atomic E-state index is 0.0178. The Kier molecular flexibility index (Phi) is 5.51. The molecule has 37 heavy (non-hydrogen) atoms. The summed E-state index contributed by atoms with van der Waals surface area (Å²) in [6.07, 6.45) is -1.16. The maximum Gasteiger partial charge on any atom is 0.573 e. The van der Waals surface area contributed by atoms with Gasteiger partial charge in [0.1, 0.15) is 5.60 Å². The molecule has 1 spiro atoms. The number of carbonyl (C=O) groups is 1. The number of rotatable bonds is 3. The van der Waals surface area contributed by atoms with E-state index in [9.17, 15) is 18.0 Å². The van der Waals surface area contributed by atoms with Crippen molar-refractivity contribution in [3.05, 3.63) is 59.4 Å². The van der Waals surface area contributed by atoms with Crippen LogP contribution in [0.15, 0.2) is 42.6 Å². The predicted octanol–water partition coefficient (Wildman–Crippen LogP) is 3.75. The third kappa shape index (κ3) is 4.35. The largest absolute Gasteiger partial charge is 0.573 e. The average Bonchev–Trinajstić information content (AvgIpc) is 3.58. The highest BCUT2D eigenvalue weighted by atomic mass is 19.4. The molecule has 1 aromatic carbocycles. The number of nitrogens with zero attached hydrogens (tertiary/aromatic N) is 4. The van der Waals surface area contributed by atoms with Crippen LogP contribution >= 0.6 is 0 Å². The fourth-order valence-corrected chi connectivity index (χ4v) is 5.53. The zero-order valence-corrected chi connectivity index (χ0v) is 19.8. The summed E-state index contributed by atoms with van der Waals surface area (Å²) in [6.45, 7) is 1.74. The second-order valence-corrected chi connectivity index (χ2v) is 9.55. The van der Waals surface area contributed by atoms with Gasteiger partial charge in [-0.1, -0.05) is 24.3 Å². The molecule has 2 atom stereocenters. The van der Waals surface area contributed by atoms with Crippen LogP contribution in [0.2, 0.25) is 0 Å². The molecule has 4 heterocycles. The summed E-state index contributed by atoms with van der Waals surface area (Å²) in [5.74, 6) is -0.952. The molecule has 1 unspecified atom stereocenters. The number of benzene rings is 1. The number of nitrogens with two attached hydrogens (primary N) is 1. The van der Waals surface area contributed by atoms with Crippen molar-refractivity contribution >= 4 is 11.8 Å². The van der Waals surface area contributed by atoms with Crippen molar-refractivity contribution in [3.8, 4) is 17.0 Å². The molecule has 1 fully saturated rings. The molecule has 3 aliphatic rings. The van der Waals surface area contributed by atoms with Gasteiger partial charge in [0.25, 0.3) is 0 Å². The number of aromatic nitrogens is 3. The molecule has 0 bridgehead atoms. The quantitative estimate of drug-likeness (QED) is 0.551. The number of halogens is 3. The highest BCUT2D eigenvalue weighted by Crippen LogP contribution is 2.41. The third-order valence-electron chi connectivity index (χ3n) is 7.28. The Bertz CT molecular complexity index is 1360. The molecule has 3 aromatic rings. The maximum absolute atomic E-state index is 13.2. The first-order chi connectivity index (χ1) is 17.7. The first-order valence-corrected chi connectivity index (χ1v) is 12.1.